The summed E-state index contributed by atoms with van der Waals surface area (Å²) in [6.45, 7) is 2.73. The fourth-order valence-corrected chi connectivity index (χ4v) is 4.04. The molecule has 0 saturated carbocycles. The molecular weight excluding hydrogens is 420 g/mol. The molecule has 0 saturated heterocycles. The summed E-state index contributed by atoms with van der Waals surface area (Å²) in [4.78, 5) is 15.6. The van der Waals surface area contributed by atoms with E-state index < -0.39 is 27.8 Å². The Kier molecular flexibility index (Phi) is 6.96. The average Bonchev–Trinajstić information content (AvgIpc) is 3.22. The second-order valence-corrected chi connectivity index (χ2v) is 9.51. The molecule has 8 nitrogen and oxygen atoms in total. The number of carbonyl (C=O) groups is 1. The molecule has 2 aromatic carbocycles. The monoisotopic (exact) mass is 444 g/mol. The Morgan fingerprint density at radius 3 is 2.42 bits per heavy atom. The number of aromatic nitrogens is 1. The van der Waals surface area contributed by atoms with Crippen molar-refractivity contribution >= 4 is 21.7 Å². The number of aliphatic carboxylic acids is 1. The first-order valence-electron chi connectivity index (χ1n) is 9.73. The molecule has 3 aromatic rings. The highest BCUT2D eigenvalue weighted by molar-refractivity contribution is 7.93. The van der Waals surface area contributed by atoms with Crippen LogP contribution in [0.3, 0.4) is 0 Å². The molecule has 0 spiro atoms. The number of ether oxygens (including phenoxy) is 1. The van der Waals surface area contributed by atoms with E-state index >= 15 is 0 Å². The van der Waals surface area contributed by atoms with Crippen molar-refractivity contribution in [2.45, 2.75) is 25.5 Å². The number of anilines is 1. The van der Waals surface area contributed by atoms with Crippen LogP contribution in [0, 0.1) is 0 Å². The molecule has 0 aliphatic rings. The van der Waals surface area contributed by atoms with E-state index in [9.17, 15) is 13.2 Å². The Labute approximate surface area is 181 Å². The van der Waals surface area contributed by atoms with Gasteiger partial charge in [0.05, 0.1) is 23.2 Å². The van der Waals surface area contributed by atoms with Crippen molar-refractivity contribution in [2.75, 3.05) is 17.5 Å². The lowest BCUT2D eigenvalue weighted by Crippen LogP contribution is -2.40. The van der Waals surface area contributed by atoms with Crippen LogP contribution in [0.15, 0.2) is 65.3 Å². The van der Waals surface area contributed by atoms with Crippen LogP contribution in [0.2, 0.25) is 0 Å². The Morgan fingerprint density at radius 2 is 1.81 bits per heavy atom. The molecule has 31 heavy (non-hydrogen) atoms. The molecule has 0 bridgehead atoms. The third-order valence-corrected chi connectivity index (χ3v) is 6.65. The van der Waals surface area contributed by atoms with Crippen molar-refractivity contribution in [1.82, 2.24) is 4.98 Å². The van der Waals surface area contributed by atoms with Gasteiger partial charge in [0.1, 0.15) is 18.6 Å². The van der Waals surface area contributed by atoms with Gasteiger partial charge in [0.15, 0.2) is 0 Å². The fourth-order valence-electron chi connectivity index (χ4n) is 2.82. The maximum Gasteiger partial charge on any atom is 0.324 e. The van der Waals surface area contributed by atoms with Crippen LogP contribution in [0.5, 0.6) is 5.75 Å². The lowest BCUT2D eigenvalue weighted by Gasteiger charge is -2.25. The maximum atomic E-state index is 12.5. The molecule has 0 radical (unpaired) electrons. The largest absolute Gasteiger partial charge is 0.493 e. The van der Waals surface area contributed by atoms with Crippen LogP contribution in [-0.4, -0.2) is 42.9 Å². The van der Waals surface area contributed by atoms with Gasteiger partial charge in [0.2, 0.25) is 15.9 Å². The Hall–Kier alpha value is -3.33. The van der Waals surface area contributed by atoms with Gasteiger partial charge in [-0.15, -0.1) is 0 Å². The summed E-state index contributed by atoms with van der Waals surface area (Å²) in [5.41, 5.74) is 1.92. The highest BCUT2D eigenvalue weighted by Crippen LogP contribution is 2.24. The Balaban J connectivity index is 1.61. The van der Waals surface area contributed by atoms with Gasteiger partial charge in [-0.1, -0.05) is 18.2 Å². The van der Waals surface area contributed by atoms with Crippen molar-refractivity contribution in [1.29, 1.82) is 0 Å². The maximum absolute atomic E-state index is 12.5. The number of hydrogen-bond donors (Lipinski definition) is 1. The number of carboxylic acid groups (broad SMARTS) is 1. The van der Waals surface area contributed by atoms with Crippen LogP contribution >= 0.6 is 0 Å². The number of nitrogens with zero attached hydrogens (tertiary/aromatic N) is 2. The van der Waals surface area contributed by atoms with Gasteiger partial charge in [-0.3, -0.25) is 9.10 Å². The number of hydrogen-bond acceptors (Lipinski definition) is 6. The molecule has 1 N–H and O–H groups in total. The molecule has 3 rings (SSSR count). The quantitative estimate of drug-likeness (QED) is 0.509. The van der Waals surface area contributed by atoms with Crippen LogP contribution in [0.25, 0.3) is 11.5 Å². The predicted octanol–water partition coefficient (Wildman–Crippen LogP) is 3.59. The van der Waals surface area contributed by atoms with E-state index in [-0.39, 0.29) is 5.69 Å². The first-order chi connectivity index (χ1) is 14.8. The number of benzene rings is 2. The van der Waals surface area contributed by atoms with Gasteiger partial charge in [0.25, 0.3) is 0 Å². The van der Waals surface area contributed by atoms with Gasteiger partial charge in [0, 0.05) is 12.0 Å². The standard InChI is InChI=1S/C22H24N2O6S/c1-16(2)31(27,28)24(14-21(25)26)19-8-10-20(11-9-19)29-13-12-18-15-30-22(23-18)17-6-4-3-5-7-17/h3-11,15-16H,12-14H2,1-2H3,(H,25,26). The summed E-state index contributed by atoms with van der Waals surface area (Å²) < 4.78 is 37.1. The molecule has 0 fully saturated rings. The predicted molar refractivity (Wildman–Crippen MR) is 117 cm³/mol. The highest BCUT2D eigenvalue weighted by atomic mass is 32.2. The van der Waals surface area contributed by atoms with Crippen molar-refractivity contribution in [3.8, 4) is 17.2 Å². The normalized spacial score (nSPS) is 11.5. The van der Waals surface area contributed by atoms with Crippen molar-refractivity contribution < 1.29 is 27.5 Å². The third kappa shape index (κ3) is 5.64. The van der Waals surface area contributed by atoms with E-state index in [0.29, 0.717) is 24.7 Å². The highest BCUT2D eigenvalue weighted by Gasteiger charge is 2.28. The summed E-state index contributed by atoms with van der Waals surface area (Å²) in [5, 5.41) is 8.35. The number of rotatable bonds is 10. The smallest absolute Gasteiger partial charge is 0.324 e. The van der Waals surface area contributed by atoms with Gasteiger partial charge < -0.3 is 14.3 Å². The number of carboxylic acids is 1. The zero-order valence-electron chi connectivity index (χ0n) is 17.3. The van der Waals surface area contributed by atoms with Crippen LogP contribution < -0.4 is 9.04 Å². The summed E-state index contributed by atoms with van der Waals surface area (Å²) in [7, 11) is -3.78. The molecule has 164 valence electrons. The van der Waals surface area contributed by atoms with E-state index in [0.717, 1.165) is 15.6 Å². The van der Waals surface area contributed by atoms with Gasteiger partial charge in [-0.05, 0) is 50.2 Å². The summed E-state index contributed by atoms with van der Waals surface area (Å²) >= 11 is 0. The van der Waals surface area contributed by atoms with Crippen LogP contribution in [0.4, 0.5) is 5.69 Å². The number of sulfonamides is 1. The molecule has 0 unspecified atom stereocenters. The minimum atomic E-state index is -3.78. The van der Waals surface area contributed by atoms with Crippen molar-refractivity contribution in [3.05, 3.63) is 66.6 Å². The molecule has 1 aromatic heterocycles. The van der Waals surface area contributed by atoms with E-state index in [1.54, 1.807) is 18.4 Å². The molecule has 0 amide bonds. The van der Waals surface area contributed by atoms with E-state index in [4.69, 9.17) is 14.3 Å². The molecule has 0 aliphatic heterocycles. The summed E-state index contributed by atoms with van der Waals surface area (Å²) in [6.07, 6.45) is 2.13. The third-order valence-electron chi connectivity index (χ3n) is 4.51. The van der Waals surface area contributed by atoms with Gasteiger partial charge in [-0.2, -0.15) is 0 Å². The molecule has 0 aliphatic carbocycles. The zero-order chi connectivity index (χ0) is 22.4. The van der Waals surface area contributed by atoms with E-state index in [2.05, 4.69) is 4.98 Å². The van der Waals surface area contributed by atoms with Gasteiger partial charge in [-0.25, -0.2) is 13.4 Å². The van der Waals surface area contributed by atoms with E-state index in [1.165, 1.54) is 26.0 Å². The first-order valence-corrected chi connectivity index (χ1v) is 11.2. The van der Waals surface area contributed by atoms with Crippen molar-refractivity contribution in [3.63, 3.8) is 0 Å². The molecule has 0 atom stereocenters. The second kappa shape index (κ2) is 9.65. The summed E-state index contributed by atoms with van der Waals surface area (Å²) in [5.74, 6) is -0.149. The van der Waals surface area contributed by atoms with Crippen LogP contribution in [-0.2, 0) is 21.2 Å². The van der Waals surface area contributed by atoms with E-state index in [1.807, 2.05) is 30.3 Å². The first kappa shape index (κ1) is 22.4. The van der Waals surface area contributed by atoms with Gasteiger partial charge >= 0.3 is 5.97 Å². The average molecular weight is 445 g/mol. The molecule has 1 heterocycles. The second-order valence-electron chi connectivity index (χ2n) is 7.10. The topological polar surface area (TPSA) is 110 Å². The lowest BCUT2D eigenvalue weighted by molar-refractivity contribution is -0.135. The molecular formula is C22H24N2O6S. The Bertz CT molecular complexity index is 1110. The Morgan fingerprint density at radius 1 is 1.13 bits per heavy atom. The minimum Gasteiger partial charge on any atom is -0.493 e. The number of oxazole rings is 1. The fraction of sp³-hybridized carbons (Fsp3) is 0.273. The SMILES string of the molecule is CC(C)S(=O)(=O)N(CC(=O)O)c1ccc(OCCc2coc(-c3ccccc3)n2)cc1. The zero-order valence-corrected chi connectivity index (χ0v) is 18.1. The minimum absolute atomic E-state index is 0.271. The summed E-state index contributed by atoms with van der Waals surface area (Å²) in [6, 6.07) is 15.9. The van der Waals surface area contributed by atoms with Crippen molar-refractivity contribution in [2.24, 2.45) is 0 Å². The molecule has 9 heteroatoms. The van der Waals surface area contributed by atoms with Crippen LogP contribution in [0.1, 0.15) is 19.5 Å². The lowest BCUT2D eigenvalue weighted by atomic mass is 10.2.